The zero-order valence-electron chi connectivity index (χ0n) is 6.59. The van der Waals surface area contributed by atoms with Crippen LogP contribution in [0.4, 0.5) is 0 Å². The first kappa shape index (κ1) is 6.62. The zero-order valence-corrected chi connectivity index (χ0v) is 6.59. The van der Waals surface area contributed by atoms with Crippen molar-refractivity contribution < 1.29 is 0 Å². The summed E-state index contributed by atoms with van der Waals surface area (Å²) in [6.45, 7) is 4.64. The number of hydrogen-bond donors (Lipinski definition) is 1. The zero-order chi connectivity index (χ0) is 7.14. The van der Waals surface area contributed by atoms with E-state index in [1.165, 1.54) is 19.4 Å². The minimum Gasteiger partial charge on any atom is -0.326 e. The molecule has 2 nitrogen and oxygen atoms in total. The van der Waals surface area contributed by atoms with Gasteiger partial charge in [-0.05, 0) is 18.8 Å². The van der Waals surface area contributed by atoms with Crippen LogP contribution in [-0.4, -0.2) is 30.1 Å². The van der Waals surface area contributed by atoms with E-state index < -0.39 is 0 Å². The molecule has 2 heteroatoms. The second-order valence-corrected chi connectivity index (χ2v) is 3.83. The monoisotopic (exact) mass is 140 g/mol. The van der Waals surface area contributed by atoms with E-state index in [2.05, 4.69) is 11.8 Å². The van der Waals surface area contributed by atoms with Gasteiger partial charge in [-0.2, -0.15) is 0 Å². The maximum atomic E-state index is 5.89. The van der Waals surface area contributed by atoms with E-state index in [0.29, 0.717) is 6.04 Å². The Labute approximate surface area is 62.4 Å². The number of nitrogens with two attached hydrogens (primary N) is 1. The Kier molecular flexibility index (Phi) is 1.46. The molecule has 2 N–H and O–H groups in total. The van der Waals surface area contributed by atoms with Crippen molar-refractivity contribution in [2.45, 2.75) is 31.8 Å². The predicted molar refractivity (Wildman–Crippen MR) is 41.7 cm³/mol. The molecule has 1 saturated carbocycles. The lowest BCUT2D eigenvalue weighted by atomic mass is 10.1. The van der Waals surface area contributed by atoms with Crippen LogP contribution in [0, 0.1) is 5.92 Å². The van der Waals surface area contributed by atoms with Crippen LogP contribution in [0.2, 0.25) is 0 Å². The first-order valence-corrected chi connectivity index (χ1v) is 4.27. The molecule has 2 fully saturated rings. The summed E-state index contributed by atoms with van der Waals surface area (Å²) in [7, 11) is 0. The molecule has 2 aliphatic rings. The third-order valence-electron chi connectivity index (χ3n) is 2.76. The Bertz CT molecular complexity index is 121. The molecule has 0 radical (unpaired) electrons. The van der Waals surface area contributed by atoms with Crippen LogP contribution in [-0.2, 0) is 0 Å². The molecule has 0 aromatic heterocycles. The molecule has 1 heterocycles. The van der Waals surface area contributed by atoms with Crippen molar-refractivity contribution in [3.63, 3.8) is 0 Å². The molecule has 0 aromatic rings. The number of rotatable bonds is 1. The van der Waals surface area contributed by atoms with Crippen molar-refractivity contribution in [3.05, 3.63) is 0 Å². The van der Waals surface area contributed by atoms with Gasteiger partial charge in [-0.25, -0.2) is 0 Å². The Balaban J connectivity index is 1.90. The number of likely N-dealkylation sites (tertiary alicyclic amines) is 1. The van der Waals surface area contributed by atoms with Crippen molar-refractivity contribution in [2.75, 3.05) is 13.1 Å². The topological polar surface area (TPSA) is 29.3 Å². The van der Waals surface area contributed by atoms with Gasteiger partial charge < -0.3 is 5.73 Å². The van der Waals surface area contributed by atoms with Crippen molar-refractivity contribution in [1.82, 2.24) is 4.90 Å². The van der Waals surface area contributed by atoms with Gasteiger partial charge in [0.15, 0.2) is 0 Å². The molecule has 1 aliphatic heterocycles. The van der Waals surface area contributed by atoms with E-state index in [9.17, 15) is 0 Å². The summed E-state index contributed by atoms with van der Waals surface area (Å²) >= 11 is 0. The highest BCUT2D eigenvalue weighted by molar-refractivity contribution is 4.93. The molecule has 1 aliphatic carbocycles. The number of hydrogen-bond acceptors (Lipinski definition) is 2. The molecule has 1 saturated heterocycles. The highest BCUT2D eigenvalue weighted by Crippen LogP contribution is 2.30. The third-order valence-corrected chi connectivity index (χ3v) is 2.76. The Morgan fingerprint density at radius 1 is 1.30 bits per heavy atom. The summed E-state index contributed by atoms with van der Waals surface area (Å²) in [4.78, 5) is 2.55. The van der Waals surface area contributed by atoms with Crippen molar-refractivity contribution in [2.24, 2.45) is 11.7 Å². The quantitative estimate of drug-likeness (QED) is 0.572. The van der Waals surface area contributed by atoms with Crippen LogP contribution < -0.4 is 5.73 Å². The molecule has 0 bridgehead atoms. The van der Waals surface area contributed by atoms with E-state index in [1.807, 2.05) is 0 Å². The number of nitrogens with zero attached hydrogens (tertiary/aromatic N) is 1. The standard InChI is InChI=1S/C8H16N2/c1-6-4-10(5-8(6)9)7-2-3-7/h6-8H,2-5,9H2,1H3/t6-,8+/m0/s1. The van der Waals surface area contributed by atoms with E-state index in [4.69, 9.17) is 5.73 Å². The molecule has 0 unspecified atom stereocenters. The van der Waals surface area contributed by atoms with Crippen molar-refractivity contribution >= 4 is 0 Å². The summed E-state index contributed by atoms with van der Waals surface area (Å²) in [6.07, 6.45) is 2.83. The average molecular weight is 140 g/mol. The van der Waals surface area contributed by atoms with Crippen molar-refractivity contribution in [1.29, 1.82) is 0 Å². The normalized spacial score (nSPS) is 42.6. The molecule has 58 valence electrons. The lowest BCUT2D eigenvalue weighted by molar-refractivity contribution is 0.316. The highest BCUT2D eigenvalue weighted by Gasteiger charge is 2.36. The second kappa shape index (κ2) is 2.21. The average Bonchev–Trinajstić information content (AvgIpc) is 2.64. The third kappa shape index (κ3) is 1.06. The molecular formula is C8H16N2. The van der Waals surface area contributed by atoms with Crippen LogP contribution in [0.25, 0.3) is 0 Å². The minimum atomic E-state index is 0.445. The molecule has 0 spiro atoms. The molecule has 0 aromatic carbocycles. The predicted octanol–water partition coefficient (Wildman–Crippen LogP) is 0.428. The van der Waals surface area contributed by atoms with Gasteiger partial charge >= 0.3 is 0 Å². The van der Waals surface area contributed by atoms with Crippen LogP contribution >= 0.6 is 0 Å². The smallest absolute Gasteiger partial charge is 0.0206 e. The maximum absolute atomic E-state index is 5.89. The fourth-order valence-electron chi connectivity index (χ4n) is 1.77. The van der Waals surface area contributed by atoms with E-state index in [-0.39, 0.29) is 0 Å². The lowest BCUT2D eigenvalue weighted by Gasteiger charge is -2.12. The summed E-state index contributed by atoms with van der Waals surface area (Å²) < 4.78 is 0. The Morgan fingerprint density at radius 2 is 2.00 bits per heavy atom. The highest BCUT2D eigenvalue weighted by atomic mass is 15.2. The van der Waals surface area contributed by atoms with Crippen LogP contribution in [0.3, 0.4) is 0 Å². The van der Waals surface area contributed by atoms with Gasteiger partial charge in [-0.3, -0.25) is 4.90 Å². The Hall–Kier alpha value is -0.0800. The molecular weight excluding hydrogens is 124 g/mol. The molecule has 2 rings (SSSR count). The van der Waals surface area contributed by atoms with E-state index in [0.717, 1.165) is 18.5 Å². The second-order valence-electron chi connectivity index (χ2n) is 3.83. The first-order chi connectivity index (χ1) is 4.77. The fourth-order valence-corrected chi connectivity index (χ4v) is 1.77. The maximum Gasteiger partial charge on any atom is 0.0206 e. The van der Waals surface area contributed by atoms with Gasteiger partial charge in [0.05, 0.1) is 0 Å². The molecule has 10 heavy (non-hydrogen) atoms. The first-order valence-electron chi connectivity index (χ1n) is 4.27. The largest absolute Gasteiger partial charge is 0.326 e. The van der Waals surface area contributed by atoms with E-state index >= 15 is 0 Å². The van der Waals surface area contributed by atoms with Gasteiger partial charge in [-0.1, -0.05) is 6.92 Å². The fraction of sp³-hybridized carbons (Fsp3) is 1.00. The van der Waals surface area contributed by atoms with Crippen LogP contribution in [0.15, 0.2) is 0 Å². The minimum absolute atomic E-state index is 0.445. The summed E-state index contributed by atoms with van der Waals surface area (Å²) in [5, 5.41) is 0. The molecule has 2 atom stereocenters. The van der Waals surface area contributed by atoms with Crippen LogP contribution in [0.5, 0.6) is 0 Å². The summed E-state index contributed by atoms with van der Waals surface area (Å²) in [5.74, 6) is 0.723. The van der Waals surface area contributed by atoms with Gasteiger partial charge in [0.2, 0.25) is 0 Å². The molecule has 0 amide bonds. The summed E-state index contributed by atoms with van der Waals surface area (Å²) in [5.41, 5.74) is 5.89. The van der Waals surface area contributed by atoms with E-state index in [1.54, 1.807) is 0 Å². The van der Waals surface area contributed by atoms with Crippen molar-refractivity contribution in [3.8, 4) is 0 Å². The lowest BCUT2D eigenvalue weighted by Crippen LogP contribution is -2.29. The van der Waals surface area contributed by atoms with Gasteiger partial charge in [0.1, 0.15) is 0 Å². The van der Waals surface area contributed by atoms with Gasteiger partial charge in [-0.15, -0.1) is 0 Å². The SMILES string of the molecule is C[C@H]1CN(C2CC2)C[C@H]1N. The Morgan fingerprint density at radius 3 is 2.40 bits per heavy atom. The van der Waals surface area contributed by atoms with Gasteiger partial charge in [0, 0.05) is 25.2 Å². The van der Waals surface area contributed by atoms with Gasteiger partial charge in [0.25, 0.3) is 0 Å². The van der Waals surface area contributed by atoms with Crippen LogP contribution in [0.1, 0.15) is 19.8 Å². The summed E-state index contributed by atoms with van der Waals surface area (Å²) in [6, 6.07) is 1.36.